The summed E-state index contributed by atoms with van der Waals surface area (Å²) in [6.07, 6.45) is 1.09. The number of phenols is 2. The summed E-state index contributed by atoms with van der Waals surface area (Å²) in [4.78, 5) is 0. The minimum Gasteiger partial charge on any atom is -0.504 e. The van der Waals surface area contributed by atoms with Gasteiger partial charge in [0.2, 0.25) is 0 Å². The van der Waals surface area contributed by atoms with Crippen LogP contribution in [0.15, 0.2) is 24.3 Å². The lowest BCUT2D eigenvalue weighted by atomic mass is 9.81. The quantitative estimate of drug-likeness (QED) is 0.525. The van der Waals surface area contributed by atoms with E-state index in [-0.39, 0.29) is 30.9 Å². The summed E-state index contributed by atoms with van der Waals surface area (Å²) >= 11 is 0. The third-order valence-electron chi connectivity index (χ3n) is 3.78. The van der Waals surface area contributed by atoms with Gasteiger partial charge in [-0.2, -0.15) is 0 Å². The van der Waals surface area contributed by atoms with E-state index in [1.165, 1.54) is 12.1 Å². The normalized spacial score (nSPS) is 32.5. The Morgan fingerprint density at radius 1 is 1.23 bits per heavy atom. The Hall–Kier alpha value is -1.60. The molecule has 5 N–H and O–H groups in total. The number of aliphatic hydroxyl groups is 3. The summed E-state index contributed by atoms with van der Waals surface area (Å²) in [7, 11) is 0. The first-order valence-electron chi connectivity index (χ1n) is 7.17. The number of benzene rings is 1. The fourth-order valence-electron chi connectivity index (χ4n) is 2.62. The molecule has 1 saturated carbocycles. The van der Waals surface area contributed by atoms with E-state index in [0.717, 1.165) is 0 Å². The third kappa shape index (κ3) is 4.20. The largest absolute Gasteiger partial charge is 0.504 e. The van der Waals surface area contributed by atoms with Gasteiger partial charge in [0, 0.05) is 12.8 Å². The average molecular weight is 310 g/mol. The van der Waals surface area contributed by atoms with Crippen LogP contribution >= 0.6 is 0 Å². The second-order valence-electron chi connectivity index (χ2n) is 5.99. The standard InChI is InChI=1S/C16H22O6/c1-16(21)8-13(19)15(20)14(9-16)22-6-2-3-10-4-5-11(17)12(18)7-10/h2-5,7,13-15,17-21H,6,8-9H2,1H3. The molecule has 0 aliphatic heterocycles. The van der Waals surface area contributed by atoms with Crippen molar-refractivity contribution in [3.8, 4) is 11.5 Å². The van der Waals surface area contributed by atoms with Crippen LogP contribution in [0.25, 0.3) is 6.08 Å². The van der Waals surface area contributed by atoms with Gasteiger partial charge in [0.25, 0.3) is 0 Å². The van der Waals surface area contributed by atoms with E-state index in [4.69, 9.17) is 4.74 Å². The van der Waals surface area contributed by atoms with Crippen LogP contribution in [-0.2, 0) is 4.74 Å². The van der Waals surface area contributed by atoms with Crippen molar-refractivity contribution in [1.82, 2.24) is 0 Å². The number of ether oxygens (including phenoxy) is 1. The maximum Gasteiger partial charge on any atom is 0.157 e. The number of rotatable bonds is 4. The Balaban J connectivity index is 1.89. The summed E-state index contributed by atoms with van der Waals surface area (Å²) in [5, 5.41) is 48.2. The predicted octanol–water partition coefficient (Wildman–Crippen LogP) is 0.763. The first-order chi connectivity index (χ1) is 10.3. The molecule has 22 heavy (non-hydrogen) atoms. The number of hydrogen-bond donors (Lipinski definition) is 5. The maximum atomic E-state index is 10.0. The van der Waals surface area contributed by atoms with Gasteiger partial charge < -0.3 is 30.3 Å². The van der Waals surface area contributed by atoms with Gasteiger partial charge in [-0.1, -0.05) is 18.2 Å². The van der Waals surface area contributed by atoms with Crippen LogP contribution in [0.4, 0.5) is 0 Å². The van der Waals surface area contributed by atoms with Crippen molar-refractivity contribution >= 4 is 6.08 Å². The zero-order valence-electron chi connectivity index (χ0n) is 12.4. The summed E-state index contributed by atoms with van der Waals surface area (Å²) in [6.45, 7) is 1.79. The van der Waals surface area contributed by atoms with Crippen LogP contribution in [-0.4, -0.2) is 56.1 Å². The molecule has 1 fully saturated rings. The highest BCUT2D eigenvalue weighted by Gasteiger charge is 2.41. The Bertz CT molecular complexity index is 539. The summed E-state index contributed by atoms with van der Waals surface area (Å²) in [5.41, 5.74) is -0.370. The van der Waals surface area contributed by atoms with Gasteiger partial charge in [-0.3, -0.25) is 0 Å². The molecule has 0 spiro atoms. The van der Waals surface area contributed by atoms with Gasteiger partial charge >= 0.3 is 0 Å². The van der Waals surface area contributed by atoms with E-state index >= 15 is 0 Å². The van der Waals surface area contributed by atoms with Crippen LogP contribution in [0, 0.1) is 0 Å². The molecular weight excluding hydrogens is 288 g/mol. The summed E-state index contributed by atoms with van der Waals surface area (Å²) in [6, 6.07) is 4.43. The first kappa shape index (κ1) is 16.8. The fourth-order valence-corrected chi connectivity index (χ4v) is 2.62. The van der Waals surface area contributed by atoms with Crippen LogP contribution in [0.5, 0.6) is 11.5 Å². The second kappa shape index (κ2) is 6.66. The molecule has 4 unspecified atom stereocenters. The molecule has 122 valence electrons. The van der Waals surface area contributed by atoms with Crippen molar-refractivity contribution in [2.75, 3.05) is 6.61 Å². The fraction of sp³-hybridized carbons (Fsp3) is 0.500. The minimum absolute atomic E-state index is 0.122. The van der Waals surface area contributed by atoms with Crippen molar-refractivity contribution in [3.05, 3.63) is 29.8 Å². The molecule has 0 heterocycles. The van der Waals surface area contributed by atoms with Crippen LogP contribution in [0.1, 0.15) is 25.3 Å². The van der Waals surface area contributed by atoms with Crippen molar-refractivity contribution in [1.29, 1.82) is 0 Å². The van der Waals surface area contributed by atoms with E-state index < -0.39 is 23.9 Å². The zero-order chi connectivity index (χ0) is 16.3. The molecule has 0 saturated heterocycles. The van der Waals surface area contributed by atoms with Crippen LogP contribution in [0.2, 0.25) is 0 Å². The summed E-state index contributed by atoms with van der Waals surface area (Å²) < 4.78 is 5.51. The Kier molecular flexibility index (Phi) is 5.08. The highest BCUT2D eigenvalue weighted by atomic mass is 16.5. The molecule has 0 bridgehead atoms. The van der Waals surface area contributed by atoms with Gasteiger partial charge in [0.1, 0.15) is 6.10 Å². The lowest BCUT2D eigenvalue weighted by Crippen LogP contribution is -2.52. The van der Waals surface area contributed by atoms with Crippen molar-refractivity contribution in [2.24, 2.45) is 0 Å². The van der Waals surface area contributed by atoms with E-state index in [1.807, 2.05) is 0 Å². The average Bonchev–Trinajstić information content (AvgIpc) is 2.43. The minimum atomic E-state index is -1.06. The molecule has 2 rings (SSSR count). The van der Waals surface area contributed by atoms with Crippen LogP contribution in [0.3, 0.4) is 0 Å². The lowest BCUT2D eigenvalue weighted by Gasteiger charge is -2.40. The molecular formula is C16H22O6. The molecule has 0 radical (unpaired) electrons. The van der Waals surface area contributed by atoms with E-state index in [9.17, 15) is 25.5 Å². The summed E-state index contributed by atoms with van der Waals surface area (Å²) in [5.74, 6) is -0.389. The van der Waals surface area contributed by atoms with E-state index in [1.54, 1.807) is 25.1 Å². The molecule has 4 atom stereocenters. The molecule has 1 aromatic carbocycles. The van der Waals surface area contributed by atoms with Gasteiger partial charge in [-0.05, 0) is 24.6 Å². The number of hydrogen-bond acceptors (Lipinski definition) is 6. The van der Waals surface area contributed by atoms with Crippen molar-refractivity contribution in [3.63, 3.8) is 0 Å². The Morgan fingerprint density at radius 3 is 2.64 bits per heavy atom. The van der Waals surface area contributed by atoms with Gasteiger partial charge in [-0.25, -0.2) is 0 Å². The Morgan fingerprint density at radius 2 is 1.95 bits per heavy atom. The topological polar surface area (TPSA) is 110 Å². The molecule has 0 aromatic heterocycles. The lowest BCUT2D eigenvalue weighted by molar-refractivity contribution is -0.162. The smallest absolute Gasteiger partial charge is 0.157 e. The monoisotopic (exact) mass is 310 g/mol. The zero-order valence-corrected chi connectivity index (χ0v) is 12.4. The highest BCUT2D eigenvalue weighted by molar-refractivity contribution is 5.55. The van der Waals surface area contributed by atoms with Gasteiger partial charge in [0.15, 0.2) is 11.5 Å². The number of aromatic hydroxyl groups is 2. The third-order valence-corrected chi connectivity index (χ3v) is 3.78. The Labute approximate surface area is 128 Å². The molecule has 1 aliphatic carbocycles. The highest BCUT2D eigenvalue weighted by Crippen LogP contribution is 2.30. The molecule has 1 aromatic rings. The van der Waals surface area contributed by atoms with E-state index in [2.05, 4.69) is 0 Å². The SMILES string of the molecule is CC1(O)CC(O)C(O)C(OCC=Cc2ccc(O)c(O)c2)C1. The van der Waals surface area contributed by atoms with Crippen molar-refractivity contribution in [2.45, 2.75) is 43.7 Å². The maximum absolute atomic E-state index is 10.0. The van der Waals surface area contributed by atoms with Crippen molar-refractivity contribution < 1.29 is 30.3 Å². The van der Waals surface area contributed by atoms with Crippen LogP contribution < -0.4 is 0 Å². The molecule has 6 heteroatoms. The molecule has 1 aliphatic rings. The number of aliphatic hydroxyl groups excluding tert-OH is 2. The number of phenolic OH excluding ortho intramolecular Hbond substituents is 2. The molecule has 0 amide bonds. The predicted molar refractivity (Wildman–Crippen MR) is 80.4 cm³/mol. The van der Waals surface area contributed by atoms with E-state index in [0.29, 0.717) is 5.56 Å². The first-order valence-corrected chi connectivity index (χ1v) is 7.17. The second-order valence-corrected chi connectivity index (χ2v) is 5.99. The van der Waals surface area contributed by atoms with Gasteiger partial charge in [0.05, 0.1) is 24.4 Å². The van der Waals surface area contributed by atoms with Gasteiger partial charge in [-0.15, -0.1) is 0 Å². The molecule has 6 nitrogen and oxygen atoms in total.